The molecular weight excluding hydrogens is 904 g/mol. The first-order chi connectivity index (χ1) is 34.2. The molecular formula is C58H109O11P. The maximum absolute atomic E-state index is 12.9. The Kier molecular flexibility index (Phi) is 51.7. The minimum Gasteiger partial charge on any atom is -0.462 e. The fraction of sp³-hybridized carbons (Fsp3) is 0.879. The van der Waals surface area contributed by atoms with Crippen LogP contribution in [0.25, 0.3) is 0 Å². The fourth-order valence-corrected chi connectivity index (χ4v) is 9.12. The van der Waals surface area contributed by atoms with Crippen molar-refractivity contribution < 1.29 is 52.2 Å². The molecule has 0 aliphatic rings. The number of aliphatic hydroxyl groups excluding tert-OH is 1. The molecule has 0 bridgehead atoms. The first kappa shape index (κ1) is 68.0. The summed E-state index contributed by atoms with van der Waals surface area (Å²) in [5, 5.41) is 9.79. The molecule has 0 aliphatic carbocycles. The zero-order valence-electron chi connectivity index (χ0n) is 45.5. The lowest BCUT2D eigenvalue weighted by molar-refractivity contribution is -0.161. The lowest BCUT2D eigenvalue weighted by Gasteiger charge is -2.21. The quantitative estimate of drug-likeness (QED) is 0.0197. The maximum Gasteiger partial charge on any atom is 0.472 e. The molecule has 0 amide bonds. The van der Waals surface area contributed by atoms with E-state index in [4.69, 9.17) is 23.3 Å². The normalized spacial score (nSPS) is 13.5. The summed E-state index contributed by atoms with van der Waals surface area (Å²) in [4.78, 5) is 48.5. The molecule has 0 saturated carbocycles. The van der Waals surface area contributed by atoms with Crippen LogP contribution in [0, 0.1) is 0 Å². The smallest absolute Gasteiger partial charge is 0.462 e. The molecule has 0 heterocycles. The van der Waals surface area contributed by atoms with E-state index in [2.05, 4.69) is 45.1 Å². The summed E-state index contributed by atoms with van der Waals surface area (Å²) in [5.41, 5.74) is 0. The Morgan fingerprint density at radius 1 is 0.386 bits per heavy atom. The first-order valence-corrected chi connectivity index (χ1v) is 30.7. The molecule has 3 atom stereocenters. The lowest BCUT2D eigenvalue weighted by Crippen LogP contribution is -2.30. The molecule has 12 heteroatoms. The lowest BCUT2D eigenvalue weighted by atomic mass is 10.0. The summed E-state index contributed by atoms with van der Waals surface area (Å²) >= 11 is 0. The topological polar surface area (TPSA) is 155 Å². The van der Waals surface area contributed by atoms with Crippen molar-refractivity contribution in [2.45, 2.75) is 303 Å². The van der Waals surface area contributed by atoms with E-state index in [1.54, 1.807) is 0 Å². The van der Waals surface area contributed by atoms with Crippen molar-refractivity contribution >= 4 is 25.7 Å². The number of hydrogen-bond acceptors (Lipinski definition) is 10. The minimum atomic E-state index is -4.74. The Bertz CT molecular complexity index is 1270. The second-order valence-electron chi connectivity index (χ2n) is 19.8. The van der Waals surface area contributed by atoms with Gasteiger partial charge in [-0.25, -0.2) is 4.57 Å². The number of esters is 3. The molecule has 0 fully saturated rings. The van der Waals surface area contributed by atoms with Crippen LogP contribution in [-0.2, 0) is 42.2 Å². The molecule has 2 N–H and O–H groups in total. The van der Waals surface area contributed by atoms with Gasteiger partial charge in [-0.2, -0.15) is 0 Å². The predicted molar refractivity (Wildman–Crippen MR) is 289 cm³/mol. The summed E-state index contributed by atoms with van der Waals surface area (Å²) in [5.74, 6) is -1.46. The summed E-state index contributed by atoms with van der Waals surface area (Å²) in [7, 11) is -4.74. The first-order valence-electron chi connectivity index (χ1n) is 29.2. The van der Waals surface area contributed by atoms with E-state index in [1.165, 1.54) is 135 Å². The summed E-state index contributed by atoms with van der Waals surface area (Å²) in [6.07, 6.45) is 52.8. The van der Waals surface area contributed by atoms with Crippen LogP contribution in [0.3, 0.4) is 0 Å². The molecule has 0 radical (unpaired) electrons. The van der Waals surface area contributed by atoms with Crippen molar-refractivity contribution in [2.24, 2.45) is 0 Å². The van der Waals surface area contributed by atoms with Gasteiger partial charge in [-0.3, -0.25) is 23.4 Å². The third-order valence-electron chi connectivity index (χ3n) is 12.8. The molecule has 0 aromatic heterocycles. The van der Waals surface area contributed by atoms with Crippen LogP contribution in [0.5, 0.6) is 0 Å². The molecule has 3 unspecified atom stereocenters. The molecule has 0 spiro atoms. The Morgan fingerprint density at radius 3 is 1.03 bits per heavy atom. The van der Waals surface area contributed by atoms with Crippen LogP contribution in [0.15, 0.2) is 24.3 Å². The number of unbranched alkanes of at least 4 members (excludes halogenated alkanes) is 34. The zero-order valence-corrected chi connectivity index (χ0v) is 46.4. The van der Waals surface area contributed by atoms with Gasteiger partial charge < -0.3 is 24.2 Å². The predicted octanol–water partition coefficient (Wildman–Crippen LogP) is 17.0. The Labute approximate surface area is 429 Å². The minimum absolute atomic E-state index is 0.162. The van der Waals surface area contributed by atoms with E-state index in [0.29, 0.717) is 19.3 Å². The van der Waals surface area contributed by atoms with Crippen LogP contribution < -0.4 is 0 Å². The SMILES string of the molecule is CCCC/C=C\CCCCCCCC(=O)OC(CO)COP(=O)(O)OCC(COC(=O)CCCCCCCCCCCCCCCCCCC)OC(=O)CCCCCCC/C=C\CCCCCCCC. The van der Waals surface area contributed by atoms with Gasteiger partial charge in [0, 0.05) is 19.3 Å². The molecule has 0 aliphatic heterocycles. The summed E-state index contributed by atoms with van der Waals surface area (Å²) in [6, 6.07) is 0. The van der Waals surface area contributed by atoms with Crippen LogP contribution >= 0.6 is 7.82 Å². The second kappa shape index (κ2) is 53.3. The standard InChI is InChI=1S/C58H109O11P/c1-4-7-10-13-16-19-22-24-26-27-29-30-33-35-38-41-44-47-56(60)65-51-55(69-58(62)49-46-43-40-37-34-31-28-25-23-20-17-14-11-8-5-2)53-67-70(63,64)66-52-54(50-59)68-57(61)48-45-42-39-36-32-21-18-15-12-9-6-3/h15,18,25,28,54-55,59H,4-14,16-17,19-24,26-27,29-53H2,1-3H3,(H,63,64)/b18-15-,28-25-. The van der Waals surface area contributed by atoms with Crippen molar-refractivity contribution in [1.29, 1.82) is 0 Å². The number of phosphoric acid groups is 1. The van der Waals surface area contributed by atoms with Crippen molar-refractivity contribution in [3.63, 3.8) is 0 Å². The molecule has 412 valence electrons. The maximum atomic E-state index is 12.9. The van der Waals surface area contributed by atoms with E-state index >= 15 is 0 Å². The van der Waals surface area contributed by atoms with Gasteiger partial charge in [0.1, 0.15) is 12.7 Å². The van der Waals surface area contributed by atoms with Gasteiger partial charge in [-0.1, -0.05) is 231 Å². The van der Waals surface area contributed by atoms with Crippen molar-refractivity contribution in [3.05, 3.63) is 24.3 Å². The Morgan fingerprint density at radius 2 is 0.671 bits per heavy atom. The highest BCUT2D eigenvalue weighted by Gasteiger charge is 2.28. The Balaban J connectivity index is 4.69. The third-order valence-corrected chi connectivity index (χ3v) is 13.8. The van der Waals surface area contributed by atoms with E-state index in [-0.39, 0.29) is 25.9 Å². The molecule has 0 rings (SSSR count). The number of hydrogen-bond donors (Lipinski definition) is 2. The van der Waals surface area contributed by atoms with Crippen molar-refractivity contribution in [2.75, 3.05) is 26.4 Å². The highest BCUT2D eigenvalue weighted by atomic mass is 31.2. The van der Waals surface area contributed by atoms with E-state index in [1.807, 2.05) is 0 Å². The van der Waals surface area contributed by atoms with Gasteiger partial charge in [0.2, 0.25) is 0 Å². The monoisotopic (exact) mass is 1010 g/mol. The molecule has 0 saturated heterocycles. The van der Waals surface area contributed by atoms with Gasteiger partial charge in [0.15, 0.2) is 6.10 Å². The van der Waals surface area contributed by atoms with Crippen LogP contribution in [0.4, 0.5) is 0 Å². The van der Waals surface area contributed by atoms with E-state index in [0.717, 1.165) is 96.3 Å². The largest absolute Gasteiger partial charge is 0.472 e. The van der Waals surface area contributed by atoms with Crippen molar-refractivity contribution in [3.8, 4) is 0 Å². The molecule has 0 aromatic rings. The van der Waals surface area contributed by atoms with Gasteiger partial charge >= 0.3 is 25.7 Å². The number of rotatable bonds is 55. The van der Waals surface area contributed by atoms with Crippen molar-refractivity contribution in [1.82, 2.24) is 0 Å². The van der Waals surface area contributed by atoms with E-state index < -0.39 is 57.8 Å². The number of allylic oxidation sites excluding steroid dienone is 4. The Hall–Kier alpha value is -2.04. The van der Waals surface area contributed by atoms with Gasteiger partial charge in [0.25, 0.3) is 0 Å². The molecule has 11 nitrogen and oxygen atoms in total. The van der Waals surface area contributed by atoms with Crippen LogP contribution in [0.1, 0.15) is 290 Å². The average Bonchev–Trinajstić information content (AvgIpc) is 3.35. The van der Waals surface area contributed by atoms with Gasteiger partial charge in [-0.05, 0) is 64.2 Å². The number of aliphatic hydroxyl groups is 1. The summed E-state index contributed by atoms with van der Waals surface area (Å²) in [6.45, 7) is 4.63. The number of ether oxygens (including phenoxy) is 3. The van der Waals surface area contributed by atoms with Crippen LogP contribution in [0.2, 0.25) is 0 Å². The second-order valence-corrected chi connectivity index (χ2v) is 21.3. The van der Waals surface area contributed by atoms with E-state index in [9.17, 15) is 28.9 Å². The van der Waals surface area contributed by atoms with Crippen LogP contribution in [-0.4, -0.2) is 66.5 Å². The number of carbonyl (C=O) groups excluding carboxylic acids is 3. The third kappa shape index (κ3) is 50.9. The highest BCUT2D eigenvalue weighted by molar-refractivity contribution is 7.47. The number of phosphoric ester groups is 1. The van der Waals surface area contributed by atoms with Gasteiger partial charge in [-0.15, -0.1) is 0 Å². The number of carbonyl (C=O) groups is 3. The highest BCUT2D eigenvalue weighted by Crippen LogP contribution is 2.43. The van der Waals surface area contributed by atoms with Gasteiger partial charge in [0.05, 0.1) is 19.8 Å². The molecule has 0 aromatic carbocycles. The summed E-state index contributed by atoms with van der Waals surface area (Å²) < 4.78 is 39.5. The zero-order chi connectivity index (χ0) is 51.3. The molecule has 70 heavy (non-hydrogen) atoms. The average molecular weight is 1010 g/mol. The fourth-order valence-electron chi connectivity index (χ4n) is 8.33.